The van der Waals surface area contributed by atoms with Gasteiger partial charge < -0.3 is 14.0 Å². The van der Waals surface area contributed by atoms with Gasteiger partial charge in [-0.05, 0) is 19.4 Å². The summed E-state index contributed by atoms with van der Waals surface area (Å²) in [5.74, 6) is -0.126. The predicted octanol–water partition coefficient (Wildman–Crippen LogP) is 1.26. The van der Waals surface area contributed by atoms with Crippen LogP contribution in [0.2, 0.25) is 0 Å². The van der Waals surface area contributed by atoms with Gasteiger partial charge in [0.1, 0.15) is 19.2 Å². The molecule has 0 aliphatic carbocycles. The van der Waals surface area contributed by atoms with Crippen LogP contribution in [0.1, 0.15) is 0 Å². The number of pyridine rings is 1. The van der Waals surface area contributed by atoms with Crippen molar-refractivity contribution in [1.29, 1.82) is 0 Å². The Kier molecular flexibility index (Phi) is 4.81. The van der Waals surface area contributed by atoms with Crippen LogP contribution >= 0.6 is 7.14 Å². The van der Waals surface area contributed by atoms with Crippen molar-refractivity contribution in [1.82, 2.24) is 4.98 Å². The summed E-state index contributed by atoms with van der Waals surface area (Å²) in [7, 11) is -1.09. The van der Waals surface area contributed by atoms with Gasteiger partial charge in [0, 0.05) is 13.2 Å². The van der Waals surface area contributed by atoms with Crippen LogP contribution in [0.25, 0.3) is 0 Å². The third-order valence-electron chi connectivity index (χ3n) is 2.10. The Morgan fingerprint density at radius 1 is 1.39 bits per heavy atom. The zero-order chi connectivity index (χ0) is 13.8. The summed E-state index contributed by atoms with van der Waals surface area (Å²) in [5, 5.41) is 10.8. The van der Waals surface area contributed by atoms with Crippen molar-refractivity contribution < 1.29 is 19.0 Å². The van der Waals surface area contributed by atoms with Gasteiger partial charge in [-0.2, -0.15) is 0 Å². The van der Waals surface area contributed by atoms with E-state index in [0.29, 0.717) is 12.0 Å². The van der Waals surface area contributed by atoms with E-state index in [0.717, 1.165) is 0 Å². The fourth-order valence-corrected chi connectivity index (χ4v) is 1.96. The van der Waals surface area contributed by atoms with Gasteiger partial charge in [0.05, 0.1) is 11.5 Å². The van der Waals surface area contributed by atoms with Crippen LogP contribution in [-0.4, -0.2) is 43.6 Å². The molecule has 0 radical (unpaired) electrons. The van der Waals surface area contributed by atoms with Crippen LogP contribution in [-0.2, 0) is 9.30 Å². The number of hydrogen-bond donors (Lipinski definition) is 0. The first-order valence-corrected chi connectivity index (χ1v) is 7.79. The second-order valence-electron chi connectivity index (χ2n) is 3.94. The van der Waals surface area contributed by atoms with Gasteiger partial charge >= 0.3 is 5.69 Å². The molecule has 0 aromatic carbocycles. The Morgan fingerprint density at radius 3 is 2.56 bits per heavy atom. The Labute approximate surface area is 105 Å². The topological polar surface area (TPSA) is 91.6 Å². The van der Waals surface area contributed by atoms with E-state index in [2.05, 4.69) is 4.98 Å². The number of aromatic nitrogens is 1. The third kappa shape index (κ3) is 3.78. The van der Waals surface area contributed by atoms with Gasteiger partial charge in [-0.15, -0.1) is 0 Å². The summed E-state index contributed by atoms with van der Waals surface area (Å²) in [6, 6.07) is 2.65. The maximum Gasteiger partial charge on any atom is 0.331 e. The molecular weight excluding hydrogens is 259 g/mol. The predicted molar refractivity (Wildman–Crippen MR) is 67.4 cm³/mol. The quantitative estimate of drug-likeness (QED) is 0.335. The molecule has 0 atom stereocenters. The van der Waals surface area contributed by atoms with Gasteiger partial charge in [-0.1, -0.05) is 0 Å². The molecular formula is C10H15N2O5P. The van der Waals surface area contributed by atoms with Crippen LogP contribution in [0.5, 0.6) is 5.88 Å². The second-order valence-corrected chi connectivity index (χ2v) is 7.10. The molecule has 0 aliphatic heterocycles. The third-order valence-corrected chi connectivity index (χ3v) is 3.45. The number of rotatable bonds is 6. The van der Waals surface area contributed by atoms with Gasteiger partial charge in [0.25, 0.3) is 5.88 Å². The first-order chi connectivity index (χ1) is 8.36. The molecule has 100 valence electrons. The maximum atomic E-state index is 11.9. The lowest BCUT2D eigenvalue weighted by molar-refractivity contribution is -0.386. The molecule has 1 aromatic heterocycles. The number of nitrogens with zero attached hydrogens (tertiary/aromatic N) is 2. The minimum Gasteiger partial charge on any atom is -0.470 e. The molecule has 0 spiro atoms. The zero-order valence-corrected chi connectivity index (χ0v) is 11.3. The fourth-order valence-electron chi connectivity index (χ4n) is 1.19. The molecule has 0 unspecified atom stereocenters. The number of methoxy groups -OCH3 is 1. The number of hydrogen-bond acceptors (Lipinski definition) is 6. The highest BCUT2D eigenvalue weighted by atomic mass is 31.2. The number of nitro groups is 1. The Balaban J connectivity index is 3.08. The van der Waals surface area contributed by atoms with E-state index in [4.69, 9.17) is 9.47 Å². The Morgan fingerprint density at radius 2 is 2.06 bits per heavy atom. The summed E-state index contributed by atoms with van der Waals surface area (Å²) in [6.45, 7) is 3.52. The van der Waals surface area contributed by atoms with E-state index in [-0.39, 0.29) is 18.2 Å². The summed E-state index contributed by atoms with van der Waals surface area (Å²) < 4.78 is 21.8. The average molecular weight is 274 g/mol. The number of ether oxygens (including phenoxy) is 2. The van der Waals surface area contributed by atoms with E-state index >= 15 is 0 Å². The van der Waals surface area contributed by atoms with Crippen molar-refractivity contribution in [2.24, 2.45) is 0 Å². The standard InChI is InChI=1S/C10H15N2O5P/c1-16-6-7-17-10-8(12(13)14)4-5-9(11-10)18(2,3)15/h4-5H,6-7H2,1-3H3. The van der Waals surface area contributed by atoms with Crippen LogP contribution in [0.15, 0.2) is 12.1 Å². The molecule has 0 aliphatic rings. The van der Waals surface area contributed by atoms with E-state index in [1.54, 1.807) is 13.3 Å². The molecule has 0 amide bonds. The van der Waals surface area contributed by atoms with E-state index < -0.39 is 12.1 Å². The van der Waals surface area contributed by atoms with E-state index in [1.807, 2.05) is 0 Å². The molecule has 1 heterocycles. The minimum atomic E-state index is -2.58. The molecule has 0 saturated heterocycles. The van der Waals surface area contributed by atoms with Crippen molar-refractivity contribution in [2.45, 2.75) is 0 Å². The van der Waals surface area contributed by atoms with Crippen molar-refractivity contribution in [2.75, 3.05) is 33.7 Å². The smallest absolute Gasteiger partial charge is 0.331 e. The molecule has 0 N–H and O–H groups in total. The monoisotopic (exact) mass is 274 g/mol. The van der Waals surface area contributed by atoms with E-state index in [1.165, 1.54) is 19.2 Å². The lowest BCUT2D eigenvalue weighted by Crippen LogP contribution is -2.13. The largest absolute Gasteiger partial charge is 0.470 e. The Hall–Kier alpha value is -1.46. The Bertz CT molecular complexity index is 485. The molecule has 1 aromatic rings. The normalized spacial score (nSPS) is 11.3. The van der Waals surface area contributed by atoms with Crippen molar-refractivity contribution >= 4 is 18.3 Å². The lowest BCUT2D eigenvalue weighted by Gasteiger charge is -2.09. The second kappa shape index (κ2) is 5.93. The SMILES string of the molecule is COCCOc1nc(P(C)(C)=O)ccc1[N+](=O)[O-]. The maximum absolute atomic E-state index is 11.9. The lowest BCUT2D eigenvalue weighted by atomic mass is 10.4. The molecule has 0 saturated carbocycles. The highest BCUT2D eigenvalue weighted by Gasteiger charge is 2.22. The molecule has 7 nitrogen and oxygen atoms in total. The van der Waals surface area contributed by atoms with Crippen LogP contribution < -0.4 is 10.2 Å². The summed E-state index contributed by atoms with van der Waals surface area (Å²) in [5.41, 5.74) is 0.0591. The van der Waals surface area contributed by atoms with Crippen molar-refractivity contribution in [3.8, 4) is 5.88 Å². The molecule has 1 rings (SSSR count). The first kappa shape index (κ1) is 14.6. The first-order valence-electron chi connectivity index (χ1n) is 5.19. The van der Waals surface area contributed by atoms with Crippen LogP contribution in [0.3, 0.4) is 0 Å². The molecule has 0 fully saturated rings. The molecule has 0 bridgehead atoms. The summed E-state index contributed by atoms with van der Waals surface area (Å²) >= 11 is 0. The minimum absolute atomic E-state index is 0.126. The summed E-state index contributed by atoms with van der Waals surface area (Å²) in [4.78, 5) is 14.2. The van der Waals surface area contributed by atoms with E-state index in [9.17, 15) is 14.7 Å². The zero-order valence-electron chi connectivity index (χ0n) is 10.5. The van der Waals surface area contributed by atoms with Crippen molar-refractivity contribution in [3.63, 3.8) is 0 Å². The molecule has 8 heteroatoms. The van der Waals surface area contributed by atoms with Crippen LogP contribution in [0, 0.1) is 10.1 Å². The average Bonchev–Trinajstić information content (AvgIpc) is 2.27. The highest BCUT2D eigenvalue weighted by molar-refractivity contribution is 7.69. The van der Waals surface area contributed by atoms with Crippen molar-refractivity contribution in [3.05, 3.63) is 22.2 Å². The summed E-state index contributed by atoms with van der Waals surface area (Å²) in [6.07, 6.45) is 0. The van der Waals surface area contributed by atoms with Gasteiger partial charge in [0.15, 0.2) is 0 Å². The van der Waals surface area contributed by atoms with Crippen LogP contribution in [0.4, 0.5) is 5.69 Å². The van der Waals surface area contributed by atoms with Gasteiger partial charge in [-0.3, -0.25) is 10.1 Å². The van der Waals surface area contributed by atoms with Gasteiger partial charge in [-0.25, -0.2) is 4.98 Å². The molecule has 18 heavy (non-hydrogen) atoms. The highest BCUT2D eigenvalue weighted by Crippen LogP contribution is 2.35. The fraction of sp³-hybridized carbons (Fsp3) is 0.500. The van der Waals surface area contributed by atoms with Gasteiger partial charge in [0.2, 0.25) is 0 Å².